The van der Waals surface area contributed by atoms with E-state index in [4.69, 9.17) is 18.0 Å². The Kier molecular flexibility index (Phi) is 15.2. The molecular weight excluding hydrogens is 648 g/mol. The number of carbonyl (C=O) groups excluding carboxylic acids is 5. The van der Waals surface area contributed by atoms with Crippen molar-refractivity contribution in [2.24, 2.45) is 11.3 Å². The van der Waals surface area contributed by atoms with Crippen molar-refractivity contribution >= 4 is 51.2 Å². The number of likely N-dealkylation sites (N-methyl/N-ethyl adjacent to an activating group) is 1. The van der Waals surface area contributed by atoms with Gasteiger partial charge in [-0.1, -0.05) is 46.1 Å². The van der Waals surface area contributed by atoms with E-state index in [9.17, 15) is 32.4 Å². The number of rotatable bonds is 15. The first-order valence-electron chi connectivity index (χ1n) is 16.0. The van der Waals surface area contributed by atoms with E-state index in [1.54, 1.807) is 0 Å². The molecule has 1 heterocycles. The lowest BCUT2D eigenvalue weighted by Crippen LogP contribution is -2.60. The fraction of sp³-hybridized carbons (Fsp3) is 0.719. The summed E-state index contributed by atoms with van der Waals surface area (Å²) in [6.45, 7) is 9.24. The minimum atomic E-state index is -3.51. The molecule has 1 saturated heterocycles. The number of nitrogens with one attached hydrogen (secondary N) is 4. The third-order valence-electron chi connectivity index (χ3n) is 8.71. The van der Waals surface area contributed by atoms with Crippen LogP contribution in [0.4, 0.5) is 4.79 Å². The Labute approximate surface area is 284 Å². The summed E-state index contributed by atoms with van der Waals surface area (Å²) < 4.78 is 25.4. The number of terminal acetylenes is 1. The highest BCUT2D eigenvalue weighted by Gasteiger charge is 2.44. The third kappa shape index (κ3) is 12.1. The molecule has 2 aliphatic rings. The molecule has 13 nitrogen and oxygen atoms in total. The van der Waals surface area contributed by atoms with Crippen LogP contribution in [0.2, 0.25) is 0 Å². The summed E-state index contributed by atoms with van der Waals surface area (Å²) in [6.07, 6.45) is 12.2. The zero-order valence-electron chi connectivity index (χ0n) is 28.1. The molecule has 1 saturated carbocycles. The monoisotopic (exact) mass is 698 g/mol. The number of alkyl halides is 1. The van der Waals surface area contributed by atoms with Gasteiger partial charge in [-0.25, -0.2) is 17.5 Å². The molecule has 1 unspecified atom stereocenters. The Morgan fingerprint density at radius 2 is 1.74 bits per heavy atom. The average Bonchev–Trinajstić information content (AvgIpc) is 3.40. The minimum absolute atomic E-state index is 0.0173. The van der Waals surface area contributed by atoms with Gasteiger partial charge in [0.15, 0.2) is 0 Å². The zero-order chi connectivity index (χ0) is 35.5. The number of Topliss-reactive ketones (excluding diaryl/α,β-unsaturated/α-hetero) is 1. The van der Waals surface area contributed by atoms with E-state index >= 15 is 0 Å². The topological polar surface area (TPSA) is 174 Å². The van der Waals surface area contributed by atoms with Gasteiger partial charge >= 0.3 is 6.03 Å². The van der Waals surface area contributed by atoms with Crippen LogP contribution in [0.25, 0.3) is 0 Å². The number of hydrogen-bond acceptors (Lipinski definition) is 7. The third-order valence-corrected chi connectivity index (χ3v) is 10.3. The van der Waals surface area contributed by atoms with Gasteiger partial charge in [-0.05, 0) is 37.0 Å². The molecule has 0 aromatic rings. The number of likely N-dealkylation sites (tertiary alicyclic amines) is 1. The molecule has 5 atom stereocenters. The molecule has 47 heavy (non-hydrogen) atoms. The Balaban J connectivity index is 2.31. The van der Waals surface area contributed by atoms with Crippen molar-refractivity contribution in [2.45, 2.75) is 102 Å². The molecule has 15 heteroatoms. The zero-order valence-corrected chi connectivity index (χ0v) is 29.7. The second-order valence-corrected chi connectivity index (χ2v) is 16.2. The van der Waals surface area contributed by atoms with Gasteiger partial charge in [-0.3, -0.25) is 19.2 Å². The van der Waals surface area contributed by atoms with E-state index in [1.165, 1.54) is 18.0 Å². The normalized spacial score (nSPS) is 20.8. The molecule has 1 aliphatic heterocycles. The molecule has 0 aromatic carbocycles. The van der Waals surface area contributed by atoms with Crippen molar-refractivity contribution < 1.29 is 32.4 Å². The second-order valence-electron chi connectivity index (χ2n) is 13.5. The van der Waals surface area contributed by atoms with Crippen molar-refractivity contribution in [3.8, 4) is 12.3 Å². The van der Waals surface area contributed by atoms with Crippen LogP contribution >= 0.6 is 11.6 Å². The molecule has 2 fully saturated rings. The number of sulfonamides is 1. The molecule has 0 bridgehead atoms. The lowest BCUT2D eigenvalue weighted by molar-refractivity contribution is -0.143. The first-order valence-corrected chi connectivity index (χ1v) is 18.3. The van der Waals surface area contributed by atoms with Crippen LogP contribution in [0.5, 0.6) is 0 Å². The fourth-order valence-corrected chi connectivity index (χ4v) is 6.49. The van der Waals surface area contributed by atoms with Crippen LogP contribution in [0.15, 0.2) is 12.7 Å². The lowest BCUT2D eigenvalue weighted by Gasteiger charge is -2.37. The maximum atomic E-state index is 14.2. The highest BCUT2D eigenvalue weighted by molar-refractivity contribution is 7.88. The smallest absolute Gasteiger partial charge is 0.315 e. The van der Waals surface area contributed by atoms with Crippen LogP contribution in [0.3, 0.4) is 0 Å². The van der Waals surface area contributed by atoms with Crippen LogP contribution in [0, 0.1) is 23.7 Å². The van der Waals surface area contributed by atoms with Crippen LogP contribution < -0.4 is 21.3 Å². The van der Waals surface area contributed by atoms with E-state index in [0.717, 1.165) is 29.8 Å². The summed E-state index contributed by atoms with van der Waals surface area (Å²) in [6, 6.07) is -4.48. The highest BCUT2D eigenvalue weighted by Crippen LogP contribution is 2.31. The highest BCUT2D eigenvalue weighted by atomic mass is 35.5. The first-order chi connectivity index (χ1) is 21.9. The van der Waals surface area contributed by atoms with Crippen LogP contribution in [-0.2, 0) is 29.2 Å². The molecule has 0 radical (unpaired) electrons. The van der Waals surface area contributed by atoms with Gasteiger partial charge in [0.25, 0.3) is 5.91 Å². The second kappa shape index (κ2) is 17.8. The summed E-state index contributed by atoms with van der Waals surface area (Å²) >= 11 is 6.49. The Morgan fingerprint density at radius 3 is 2.30 bits per heavy atom. The van der Waals surface area contributed by atoms with Gasteiger partial charge in [0.1, 0.15) is 12.1 Å². The summed E-state index contributed by atoms with van der Waals surface area (Å²) in [7, 11) is -2.08. The van der Waals surface area contributed by atoms with Gasteiger partial charge < -0.3 is 26.2 Å². The van der Waals surface area contributed by atoms with Crippen molar-refractivity contribution in [1.29, 1.82) is 0 Å². The predicted molar refractivity (Wildman–Crippen MR) is 181 cm³/mol. The van der Waals surface area contributed by atoms with Gasteiger partial charge in [-0.2, -0.15) is 0 Å². The van der Waals surface area contributed by atoms with Crippen molar-refractivity contribution in [1.82, 2.24) is 30.5 Å². The van der Waals surface area contributed by atoms with Gasteiger partial charge in [-0.15, -0.1) is 30.5 Å². The number of hydrogen-bond donors (Lipinski definition) is 4. The number of halogens is 1. The molecule has 2 rings (SSSR count). The van der Waals surface area contributed by atoms with E-state index in [0.29, 0.717) is 12.8 Å². The maximum absolute atomic E-state index is 14.2. The molecular formula is C32H51ClN6O7S. The van der Waals surface area contributed by atoms with Crippen molar-refractivity contribution in [2.75, 3.05) is 32.9 Å². The Hall–Kier alpha value is -3.15. The van der Waals surface area contributed by atoms with E-state index in [-0.39, 0.29) is 44.8 Å². The number of ketones is 1. The van der Waals surface area contributed by atoms with E-state index < -0.39 is 74.5 Å². The quantitative estimate of drug-likeness (QED) is 0.0868. The predicted octanol–water partition coefficient (Wildman–Crippen LogP) is 1.52. The van der Waals surface area contributed by atoms with Gasteiger partial charge in [0.05, 0.1) is 17.7 Å². The molecule has 5 amide bonds. The summed E-state index contributed by atoms with van der Waals surface area (Å²) in [4.78, 5) is 67.9. The number of carbonyl (C=O) groups is 5. The van der Waals surface area contributed by atoms with Gasteiger partial charge in [0.2, 0.25) is 27.6 Å². The molecule has 0 aromatic heterocycles. The largest absolute Gasteiger partial charge is 0.346 e. The summed E-state index contributed by atoms with van der Waals surface area (Å²) in [5, 5.41) is 10.2. The van der Waals surface area contributed by atoms with E-state index in [2.05, 4.69) is 33.8 Å². The van der Waals surface area contributed by atoms with Crippen molar-refractivity contribution in [3.63, 3.8) is 0 Å². The molecule has 1 aliphatic carbocycles. The standard InChI is InChI=1S/C32H51ClN6O7S/c1-8-10-16-23(27(40)29(42)34-17-9-2)35-28(41)24-18-22(33)19-39(24)30(43)26(21-14-12-11-13-15-21)37-31(44)36-25(32(3,4)5)20-38(6)47(7,45)46/h1,9,21-26H,2,10-20H2,3-7H3,(H,34,42)(H,35,41)(H2,36,37,44)/t22-,23?,24+,25-,26+/m1/s1. The number of amides is 5. The summed E-state index contributed by atoms with van der Waals surface area (Å²) in [5.41, 5.74) is -0.527. The van der Waals surface area contributed by atoms with Crippen molar-refractivity contribution in [3.05, 3.63) is 12.7 Å². The van der Waals surface area contributed by atoms with Gasteiger partial charge in [0, 0.05) is 39.1 Å². The SMILES string of the molecule is C#CCCC(NC(=O)[C@@H]1C[C@@H](Cl)CN1C(=O)[C@@H](NC(=O)N[C@H](CN(C)S(C)(=O)=O)C(C)(C)C)C1CCCCC1)C(=O)C(=O)NCC=C. The minimum Gasteiger partial charge on any atom is -0.346 e. The molecule has 0 spiro atoms. The first kappa shape index (κ1) is 40.0. The van der Waals surface area contributed by atoms with Crippen LogP contribution in [0.1, 0.15) is 72.1 Å². The lowest BCUT2D eigenvalue weighted by atomic mass is 9.83. The average molecular weight is 699 g/mol. The maximum Gasteiger partial charge on any atom is 0.315 e. The number of nitrogens with zero attached hydrogens (tertiary/aromatic N) is 2. The molecule has 264 valence electrons. The fourth-order valence-electron chi connectivity index (χ4n) is 5.75. The van der Waals surface area contributed by atoms with E-state index in [1.807, 2.05) is 20.8 Å². The Bertz CT molecular complexity index is 1310. The summed E-state index contributed by atoms with van der Waals surface area (Å²) in [5.74, 6) is -0.704. The Morgan fingerprint density at radius 1 is 1.11 bits per heavy atom. The number of urea groups is 1. The molecule has 4 N–H and O–H groups in total. The van der Waals surface area contributed by atoms with Crippen LogP contribution in [-0.4, -0.2) is 110 Å².